The smallest absolute Gasteiger partial charge is 0.120 e. The van der Waals surface area contributed by atoms with E-state index in [9.17, 15) is 0 Å². The van der Waals surface area contributed by atoms with Crippen LogP contribution in [0.4, 0.5) is 0 Å². The Balaban J connectivity index is 0.00000200. The van der Waals surface area contributed by atoms with Crippen LogP contribution in [0.1, 0.15) is 32.3 Å². The van der Waals surface area contributed by atoms with E-state index in [0.29, 0.717) is 6.04 Å². The highest BCUT2D eigenvalue weighted by Gasteiger charge is 2.17. The molecule has 1 fully saturated rings. The van der Waals surface area contributed by atoms with Crippen molar-refractivity contribution in [3.63, 3.8) is 0 Å². The van der Waals surface area contributed by atoms with Gasteiger partial charge in [-0.05, 0) is 64.5 Å². The molecule has 0 unspecified atom stereocenters. The third-order valence-corrected chi connectivity index (χ3v) is 3.67. The number of ether oxygens (including phenoxy) is 1. The predicted octanol–water partition coefficient (Wildman–Crippen LogP) is 3.08. The van der Waals surface area contributed by atoms with Gasteiger partial charge in [-0.15, -0.1) is 12.4 Å². The monoisotopic (exact) mass is 298 g/mol. The van der Waals surface area contributed by atoms with Crippen molar-refractivity contribution in [2.75, 3.05) is 20.1 Å². The Morgan fingerprint density at radius 1 is 1.30 bits per heavy atom. The van der Waals surface area contributed by atoms with Crippen LogP contribution < -0.4 is 10.1 Å². The molecule has 0 saturated carbocycles. The van der Waals surface area contributed by atoms with Crippen LogP contribution in [-0.4, -0.2) is 37.2 Å². The highest BCUT2D eigenvalue weighted by atomic mass is 35.5. The summed E-state index contributed by atoms with van der Waals surface area (Å²) in [5.74, 6) is 0.984. The lowest BCUT2D eigenvalue weighted by atomic mass is 10.0. The van der Waals surface area contributed by atoms with E-state index >= 15 is 0 Å². The molecule has 0 atom stereocenters. The van der Waals surface area contributed by atoms with Crippen molar-refractivity contribution in [2.24, 2.45) is 0 Å². The lowest BCUT2D eigenvalue weighted by molar-refractivity contribution is 0.194. The number of nitrogens with zero attached hydrogens (tertiary/aromatic N) is 1. The first-order valence-corrected chi connectivity index (χ1v) is 7.32. The fraction of sp³-hybridized carbons (Fsp3) is 0.625. The minimum atomic E-state index is 0. The van der Waals surface area contributed by atoms with Gasteiger partial charge in [0.05, 0.1) is 6.10 Å². The molecule has 0 aromatic heterocycles. The molecule has 0 spiro atoms. The molecule has 1 aliphatic rings. The normalized spacial score (nSPS) is 17.0. The molecule has 20 heavy (non-hydrogen) atoms. The summed E-state index contributed by atoms with van der Waals surface area (Å²) >= 11 is 0. The fourth-order valence-electron chi connectivity index (χ4n) is 2.63. The maximum absolute atomic E-state index is 5.75. The van der Waals surface area contributed by atoms with Crippen molar-refractivity contribution >= 4 is 12.4 Å². The van der Waals surface area contributed by atoms with Gasteiger partial charge in [-0.2, -0.15) is 0 Å². The summed E-state index contributed by atoms with van der Waals surface area (Å²) in [6.07, 6.45) is 2.74. The third-order valence-electron chi connectivity index (χ3n) is 3.67. The second-order valence-electron chi connectivity index (χ2n) is 5.65. The van der Waals surface area contributed by atoms with Crippen LogP contribution in [0.5, 0.6) is 5.75 Å². The van der Waals surface area contributed by atoms with Gasteiger partial charge in [-0.25, -0.2) is 0 Å². The van der Waals surface area contributed by atoms with E-state index in [1.165, 1.54) is 31.5 Å². The number of nitrogens with one attached hydrogen (secondary N) is 1. The summed E-state index contributed by atoms with van der Waals surface area (Å²) in [6, 6.07) is 9.19. The van der Waals surface area contributed by atoms with Crippen molar-refractivity contribution < 1.29 is 4.74 Å². The van der Waals surface area contributed by atoms with E-state index < -0.39 is 0 Å². The molecule has 1 aromatic rings. The van der Waals surface area contributed by atoms with E-state index in [1.807, 2.05) is 6.07 Å². The Morgan fingerprint density at radius 3 is 2.60 bits per heavy atom. The first kappa shape index (κ1) is 17.3. The molecule has 1 heterocycles. The molecule has 1 aromatic carbocycles. The Labute approximate surface area is 129 Å². The molecule has 0 aliphatic carbocycles. The number of likely N-dealkylation sites (tertiary alicyclic amines) is 1. The van der Waals surface area contributed by atoms with Gasteiger partial charge in [0.2, 0.25) is 0 Å². The van der Waals surface area contributed by atoms with Gasteiger partial charge in [-0.3, -0.25) is 4.90 Å². The minimum Gasteiger partial charge on any atom is -0.491 e. The summed E-state index contributed by atoms with van der Waals surface area (Å²) < 4.78 is 5.75. The van der Waals surface area contributed by atoms with E-state index in [-0.39, 0.29) is 18.5 Å². The van der Waals surface area contributed by atoms with Crippen molar-refractivity contribution in [3.05, 3.63) is 29.8 Å². The highest BCUT2D eigenvalue weighted by Crippen LogP contribution is 2.18. The van der Waals surface area contributed by atoms with Crippen molar-refractivity contribution in [3.8, 4) is 5.75 Å². The molecule has 2 rings (SSSR count). The van der Waals surface area contributed by atoms with Crippen LogP contribution in [-0.2, 0) is 6.54 Å². The van der Waals surface area contributed by atoms with Crippen molar-refractivity contribution in [1.82, 2.24) is 10.2 Å². The second-order valence-corrected chi connectivity index (χ2v) is 5.65. The molecule has 0 amide bonds. The molecule has 0 bridgehead atoms. The van der Waals surface area contributed by atoms with Gasteiger partial charge in [0.1, 0.15) is 5.75 Å². The van der Waals surface area contributed by atoms with E-state index in [2.05, 4.69) is 49.3 Å². The SMILES string of the molecule is CNC1CCN(Cc2cccc(OC(C)C)c2)CC1.Cl. The fourth-order valence-corrected chi connectivity index (χ4v) is 2.63. The second kappa shape index (κ2) is 8.50. The van der Waals surface area contributed by atoms with Gasteiger partial charge in [-0.1, -0.05) is 12.1 Å². The zero-order chi connectivity index (χ0) is 13.7. The predicted molar refractivity (Wildman–Crippen MR) is 86.8 cm³/mol. The minimum absolute atomic E-state index is 0. The molecule has 4 heteroatoms. The van der Waals surface area contributed by atoms with Crippen LogP contribution in [0, 0.1) is 0 Å². The molecule has 1 N–H and O–H groups in total. The Bertz CT molecular complexity index is 390. The van der Waals surface area contributed by atoms with Gasteiger partial charge in [0.15, 0.2) is 0 Å². The first-order valence-electron chi connectivity index (χ1n) is 7.32. The number of benzene rings is 1. The number of rotatable bonds is 5. The standard InChI is InChI=1S/C16H26N2O.ClH/c1-13(2)19-16-6-4-5-14(11-16)12-18-9-7-15(17-3)8-10-18;/h4-6,11,13,15,17H,7-10,12H2,1-3H3;1H. The Morgan fingerprint density at radius 2 is 2.00 bits per heavy atom. The lowest BCUT2D eigenvalue weighted by Crippen LogP contribution is -2.40. The quantitative estimate of drug-likeness (QED) is 0.904. The van der Waals surface area contributed by atoms with Crippen LogP contribution in [0.2, 0.25) is 0 Å². The molecular formula is C16H27ClN2O. The number of halogens is 1. The third kappa shape index (κ3) is 5.31. The van der Waals surface area contributed by atoms with Gasteiger partial charge >= 0.3 is 0 Å². The average molecular weight is 299 g/mol. The van der Waals surface area contributed by atoms with Gasteiger partial charge in [0.25, 0.3) is 0 Å². The largest absolute Gasteiger partial charge is 0.491 e. The van der Waals surface area contributed by atoms with E-state index in [4.69, 9.17) is 4.74 Å². The maximum Gasteiger partial charge on any atom is 0.120 e. The molecule has 114 valence electrons. The Kier molecular flexibility index (Phi) is 7.35. The molecule has 1 aliphatic heterocycles. The van der Waals surface area contributed by atoms with Crippen LogP contribution >= 0.6 is 12.4 Å². The molecule has 3 nitrogen and oxygen atoms in total. The van der Waals surface area contributed by atoms with Crippen LogP contribution in [0.3, 0.4) is 0 Å². The summed E-state index contributed by atoms with van der Waals surface area (Å²) in [7, 11) is 2.06. The maximum atomic E-state index is 5.75. The Hall–Kier alpha value is -0.770. The topological polar surface area (TPSA) is 24.5 Å². The molecule has 0 radical (unpaired) electrons. The number of hydrogen-bond donors (Lipinski definition) is 1. The van der Waals surface area contributed by atoms with E-state index in [0.717, 1.165) is 12.3 Å². The van der Waals surface area contributed by atoms with Crippen LogP contribution in [0.25, 0.3) is 0 Å². The molecule has 1 saturated heterocycles. The van der Waals surface area contributed by atoms with Gasteiger partial charge in [0, 0.05) is 12.6 Å². The summed E-state index contributed by atoms with van der Waals surface area (Å²) in [5.41, 5.74) is 1.35. The average Bonchev–Trinajstić information content (AvgIpc) is 2.39. The lowest BCUT2D eigenvalue weighted by Gasteiger charge is -2.31. The molecular weight excluding hydrogens is 272 g/mol. The zero-order valence-electron chi connectivity index (χ0n) is 12.8. The number of piperidine rings is 1. The van der Waals surface area contributed by atoms with Crippen molar-refractivity contribution in [1.29, 1.82) is 0 Å². The van der Waals surface area contributed by atoms with Crippen molar-refractivity contribution in [2.45, 2.75) is 45.4 Å². The summed E-state index contributed by atoms with van der Waals surface area (Å²) in [5, 5.41) is 3.37. The number of hydrogen-bond acceptors (Lipinski definition) is 3. The summed E-state index contributed by atoms with van der Waals surface area (Å²) in [4.78, 5) is 2.53. The first-order chi connectivity index (χ1) is 9.17. The zero-order valence-corrected chi connectivity index (χ0v) is 13.6. The van der Waals surface area contributed by atoms with Gasteiger partial charge < -0.3 is 10.1 Å². The van der Waals surface area contributed by atoms with E-state index in [1.54, 1.807) is 0 Å². The summed E-state index contributed by atoms with van der Waals surface area (Å²) in [6.45, 7) is 7.53. The van der Waals surface area contributed by atoms with Crippen LogP contribution in [0.15, 0.2) is 24.3 Å². The highest BCUT2D eigenvalue weighted by molar-refractivity contribution is 5.85.